The summed E-state index contributed by atoms with van der Waals surface area (Å²) in [6.07, 6.45) is 0. The Kier molecular flexibility index (Phi) is 4.35. The molecule has 0 fully saturated rings. The van der Waals surface area contributed by atoms with Gasteiger partial charge in [0.15, 0.2) is 11.6 Å². The van der Waals surface area contributed by atoms with Crippen molar-refractivity contribution in [2.24, 2.45) is 5.73 Å². The molecule has 1 aromatic carbocycles. The van der Waals surface area contributed by atoms with Crippen molar-refractivity contribution in [3.63, 3.8) is 0 Å². The van der Waals surface area contributed by atoms with E-state index in [0.717, 1.165) is 0 Å². The quantitative estimate of drug-likeness (QED) is 0.774. The van der Waals surface area contributed by atoms with Crippen LogP contribution in [0.1, 0.15) is 0 Å². The van der Waals surface area contributed by atoms with Crippen LogP contribution >= 0.6 is 0 Å². The lowest BCUT2D eigenvalue weighted by Gasteiger charge is -2.12. The molecular formula is C10H14FNO2. The Labute approximate surface area is 82.6 Å². The van der Waals surface area contributed by atoms with Gasteiger partial charge in [-0.3, -0.25) is 0 Å². The summed E-state index contributed by atoms with van der Waals surface area (Å²) in [7, 11) is 1.56. The fourth-order valence-corrected chi connectivity index (χ4v) is 1.02. The second kappa shape index (κ2) is 5.57. The number of ether oxygens (including phenoxy) is 2. The molecular weight excluding hydrogens is 185 g/mol. The second-order valence-electron chi connectivity index (χ2n) is 2.96. The van der Waals surface area contributed by atoms with Gasteiger partial charge in [0.25, 0.3) is 0 Å². The Balaban J connectivity index is 2.41. The predicted molar refractivity (Wildman–Crippen MR) is 51.7 cm³/mol. The van der Waals surface area contributed by atoms with E-state index in [1.54, 1.807) is 25.3 Å². The zero-order chi connectivity index (χ0) is 10.4. The number of benzene rings is 1. The maximum absolute atomic E-state index is 13.0. The molecule has 0 saturated carbocycles. The number of nitrogens with two attached hydrogens (primary N) is 1. The first-order chi connectivity index (χ1) is 6.74. The molecule has 0 aliphatic rings. The van der Waals surface area contributed by atoms with Crippen molar-refractivity contribution in [1.29, 1.82) is 0 Å². The molecule has 0 heterocycles. The van der Waals surface area contributed by atoms with E-state index in [1.165, 1.54) is 6.07 Å². The molecule has 0 bridgehead atoms. The van der Waals surface area contributed by atoms with Crippen molar-refractivity contribution in [2.45, 2.75) is 6.04 Å². The third-order valence-electron chi connectivity index (χ3n) is 1.67. The molecule has 1 atom stereocenters. The number of hydrogen-bond acceptors (Lipinski definition) is 3. The fraction of sp³-hybridized carbons (Fsp3) is 0.400. The van der Waals surface area contributed by atoms with E-state index < -0.39 is 0 Å². The van der Waals surface area contributed by atoms with Gasteiger partial charge < -0.3 is 15.2 Å². The topological polar surface area (TPSA) is 44.5 Å². The lowest BCUT2D eigenvalue weighted by atomic mass is 10.3. The lowest BCUT2D eigenvalue weighted by molar-refractivity contribution is 0.151. The minimum Gasteiger partial charge on any atom is -0.489 e. The van der Waals surface area contributed by atoms with Crippen molar-refractivity contribution in [3.05, 3.63) is 30.1 Å². The molecule has 0 amide bonds. The van der Waals surface area contributed by atoms with Gasteiger partial charge in [0.2, 0.25) is 0 Å². The summed E-state index contributed by atoms with van der Waals surface area (Å²) in [4.78, 5) is 0. The standard InChI is InChI=1S/C10H14FNO2/c1-13-6-8(12)7-14-10-5-3-2-4-9(10)11/h2-5,8H,6-7,12H2,1H3. The van der Waals surface area contributed by atoms with Crippen LogP contribution in [0.25, 0.3) is 0 Å². The first kappa shape index (κ1) is 10.9. The van der Waals surface area contributed by atoms with Crippen LogP contribution in [0.15, 0.2) is 24.3 Å². The highest BCUT2D eigenvalue weighted by molar-refractivity contribution is 5.23. The van der Waals surface area contributed by atoms with Crippen molar-refractivity contribution >= 4 is 0 Å². The summed E-state index contributed by atoms with van der Waals surface area (Å²) in [5.74, 6) is -0.156. The van der Waals surface area contributed by atoms with Crippen molar-refractivity contribution < 1.29 is 13.9 Å². The van der Waals surface area contributed by atoms with Crippen LogP contribution < -0.4 is 10.5 Å². The molecule has 14 heavy (non-hydrogen) atoms. The molecule has 0 aliphatic heterocycles. The first-order valence-electron chi connectivity index (χ1n) is 4.36. The van der Waals surface area contributed by atoms with Crippen LogP contribution in [0, 0.1) is 5.82 Å². The van der Waals surface area contributed by atoms with Crippen LogP contribution in [0.3, 0.4) is 0 Å². The maximum atomic E-state index is 13.0. The number of para-hydroxylation sites is 1. The summed E-state index contributed by atoms with van der Waals surface area (Å²) in [5.41, 5.74) is 5.61. The van der Waals surface area contributed by atoms with Gasteiger partial charge in [-0.2, -0.15) is 0 Å². The molecule has 2 N–H and O–H groups in total. The van der Waals surface area contributed by atoms with Gasteiger partial charge in [-0.05, 0) is 12.1 Å². The molecule has 4 heteroatoms. The highest BCUT2D eigenvalue weighted by Crippen LogP contribution is 2.15. The molecule has 1 unspecified atom stereocenters. The van der Waals surface area contributed by atoms with E-state index in [-0.39, 0.29) is 24.2 Å². The Hall–Kier alpha value is -1.13. The molecule has 3 nitrogen and oxygen atoms in total. The number of rotatable bonds is 5. The Morgan fingerprint density at radius 1 is 1.36 bits per heavy atom. The molecule has 0 saturated heterocycles. The summed E-state index contributed by atoms with van der Waals surface area (Å²) in [6.45, 7) is 0.642. The third kappa shape index (κ3) is 3.32. The normalized spacial score (nSPS) is 12.5. The van der Waals surface area contributed by atoms with Crippen molar-refractivity contribution in [1.82, 2.24) is 0 Å². The van der Waals surface area contributed by atoms with E-state index in [0.29, 0.717) is 6.61 Å². The minimum absolute atomic E-state index is 0.221. The highest BCUT2D eigenvalue weighted by atomic mass is 19.1. The van der Waals surface area contributed by atoms with Gasteiger partial charge >= 0.3 is 0 Å². The van der Waals surface area contributed by atoms with E-state index in [1.807, 2.05) is 0 Å². The maximum Gasteiger partial charge on any atom is 0.165 e. The van der Waals surface area contributed by atoms with E-state index in [2.05, 4.69) is 0 Å². The molecule has 0 aromatic heterocycles. The molecule has 1 aromatic rings. The van der Waals surface area contributed by atoms with Crippen molar-refractivity contribution in [2.75, 3.05) is 20.3 Å². The Morgan fingerprint density at radius 2 is 2.07 bits per heavy atom. The third-order valence-corrected chi connectivity index (χ3v) is 1.67. The first-order valence-corrected chi connectivity index (χ1v) is 4.36. The molecule has 78 valence electrons. The number of methoxy groups -OCH3 is 1. The van der Waals surface area contributed by atoms with Gasteiger partial charge in [-0.1, -0.05) is 12.1 Å². The van der Waals surface area contributed by atoms with Crippen LogP contribution in [0.4, 0.5) is 4.39 Å². The number of hydrogen-bond donors (Lipinski definition) is 1. The monoisotopic (exact) mass is 199 g/mol. The summed E-state index contributed by atoms with van der Waals surface area (Å²) < 4.78 is 23.0. The average Bonchev–Trinajstić information content (AvgIpc) is 2.17. The summed E-state index contributed by atoms with van der Waals surface area (Å²) in [5, 5.41) is 0. The van der Waals surface area contributed by atoms with Gasteiger partial charge in [0.1, 0.15) is 6.61 Å². The SMILES string of the molecule is COCC(N)COc1ccccc1F. The van der Waals surface area contributed by atoms with Crippen LogP contribution in [-0.2, 0) is 4.74 Å². The Morgan fingerprint density at radius 3 is 2.71 bits per heavy atom. The lowest BCUT2D eigenvalue weighted by Crippen LogP contribution is -2.32. The van der Waals surface area contributed by atoms with Crippen LogP contribution in [0.2, 0.25) is 0 Å². The average molecular weight is 199 g/mol. The fourth-order valence-electron chi connectivity index (χ4n) is 1.02. The van der Waals surface area contributed by atoms with Crippen LogP contribution in [-0.4, -0.2) is 26.4 Å². The van der Waals surface area contributed by atoms with E-state index >= 15 is 0 Å². The molecule has 0 radical (unpaired) electrons. The highest BCUT2D eigenvalue weighted by Gasteiger charge is 2.05. The van der Waals surface area contributed by atoms with Crippen LogP contribution in [0.5, 0.6) is 5.75 Å². The Bertz CT molecular complexity index is 281. The smallest absolute Gasteiger partial charge is 0.165 e. The van der Waals surface area contributed by atoms with Gasteiger partial charge in [-0.15, -0.1) is 0 Å². The number of halogens is 1. The minimum atomic E-state index is -0.378. The molecule has 0 spiro atoms. The predicted octanol–water partition coefficient (Wildman–Crippen LogP) is 1.18. The van der Waals surface area contributed by atoms with Gasteiger partial charge in [-0.25, -0.2) is 4.39 Å². The van der Waals surface area contributed by atoms with Gasteiger partial charge in [0.05, 0.1) is 12.6 Å². The largest absolute Gasteiger partial charge is 0.489 e. The zero-order valence-electron chi connectivity index (χ0n) is 8.07. The van der Waals surface area contributed by atoms with E-state index in [9.17, 15) is 4.39 Å². The second-order valence-corrected chi connectivity index (χ2v) is 2.96. The van der Waals surface area contributed by atoms with E-state index in [4.69, 9.17) is 15.2 Å². The zero-order valence-corrected chi connectivity index (χ0v) is 8.07. The van der Waals surface area contributed by atoms with Crippen molar-refractivity contribution in [3.8, 4) is 5.75 Å². The van der Waals surface area contributed by atoms with Gasteiger partial charge in [0, 0.05) is 7.11 Å². The summed E-state index contributed by atoms with van der Waals surface area (Å²) in [6, 6.07) is 5.99. The molecule has 1 rings (SSSR count). The molecule has 0 aliphatic carbocycles. The summed E-state index contributed by atoms with van der Waals surface area (Å²) >= 11 is 0.